The van der Waals surface area contributed by atoms with Gasteiger partial charge < -0.3 is 20.3 Å². The average molecular weight is 573 g/mol. The Kier molecular flexibility index (Phi) is 9.36. The Morgan fingerprint density at radius 1 is 0.750 bits per heavy atom. The highest BCUT2D eigenvalue weighted by molar-refractivity contribution is 9.10. The van der Waals surface area contributed by atoms with Gasteiger partial charge in [-0.15, -0.1) is 0 Å². The van der Waals surface area contributed by atoms with E-state index in [2.05, 4.69) is 31.9 Å². The van der Waals surface area contributed by atoms with Crippen LogP contribution in [0.2, 0.25) is 0 Å². The highest BCUT2D eigenvalue weighted by Gasteiger charge is 2.29. The van der Waals surface area contributed by atoms with Gasteiger partial charge in [-0.25, -0.2) is 4.79 Å². The average Bonchev–Trinajstić information content (AvgIpc) is 2.63. The summed E-state index contributed by atoms with van der Waals surface area (Å²) < 4.78 is 13.1. The molecule has 0 aliphatic heterocycles. The molecule has 0 saturated heterocycles. The van der Waals surface area contributed by atoms with Crippen LogP contribution in [0.1, 0.15) is 49.9 Å². The number of hydrogen-bond donors (Lipinski definition) is 2. The third-order valence-corrected chi connectivity index (χ3v) is 7.18. The summed E-state index contributed by atoms with van der Waals surface area (Å²) in [7, 11) is 0. The van der Waals surface area contributed by atoms with E-state index < -0.39 is 23.1 Å². The van der Waals surface area contributed by atoms with Crippen molar-refractivity contribution in [3.63, 3.8) is 0 Å². The fourth-order valence-corrected chi connectivity index (χ4v) is 3.07. The van der Waals surface area contributed by atoms with Crippen LogP contribution in [0, 0.1) is 27.7 Å². The van der Waals surface area contributed by atoms with Gasteiger partial charge in [-0.3, -0.25) is 4.79 Å². The van der Waals surface area contributed by atoms with Crippen molar-refractivity contribution < 1.29 is 24.2 Å². The number of amides is 1. The molecule has 0 spiro atoms. The van der Waals surface area contributed by atoms with Crippen LogP contribution in [-0.2, 0) is 9.59 Å². The quantitative estimate of drug-likeness (QED) is 0.441. The van der Waals surface area contributed by atoms with Crippen LogP contribution in [0.15, 0.2) is 33.2 Å². The minimum atomic E-state index is -1.22. The zero-order valence-electron chi connectivity index (χ0n) is 19.7. The minimum absolute atomic E-state index is 0.481. The summed E-state index contributed by atoms with van der Waals surface area (Å²) in [5.74, 6) is -0.232. The lowest BCUT2D eigenvalue weighted by Crippen LogP contribution is -2.43. The number of rotatable bonds is 6. The zero-order valence-corrected chi connectivity index (χ0v) is 22.9. The maximum absolute atomic E-state index is 11.2. The third kappa shape index (κ3) is 7.52. The van der Waals surface area contributed by atoms with Crippen molar-refractivity contribution in [3.05, 3.63) is 55.5 Å². The fraction of sp³-hybridized carbons (Fsp3) is 0.417. The molecule has 0 radical (unpaired) electrons. The monoisotopic (exact) mass is 571 g/mol. The van der Waals surface area contributed by atoms with E-state index in [0.29, 0.717) is 11.5 Å². The summed E-state index contributed by atoms with van der Waals surface area (Å²) >= 11 is 6.92. The van der Waals surface area contributed by atoms with Crippen molar-refractivity contribution in [2.45, 2.75) is 66.6 Å². The molecule has 1 amide bonds. The van der Waals surface area contributed by atoms with E-state index in [1.807, 2.05) is 52.0 Å². The van der Waals surface area contributed by atoms with Crippen LogP contribution < -0.4 is 15.2 Å². The summed E-state index contributed by atoms with van der Waals surface area (Å²) in [6.07, 6.45) is 0. The molecule has 0 heterocycles. The summed E-state index contributed by atoms with van der Waals surface area (Å²) in [4.78, 5) is 22.1. The van der Waals surface area contributed by atoms with Gasteiger partial charge in [-0.2, -0.15) is 0 Å². The minimum Gasteiger partial charge on any atom is -0.478 e. The van der Waals surface area contributed by atoms with E-state index in [4.69, 9.17) is 20.3 Å². The molecule has 176 valence electrons. The number of ether oxygens (including phenoxy) is 2. The normalized spacial score (nSPS) is 11.3. The van der Waals surface area contributed by atoms with Crippen LogP contribution in [0.4, 0.5) is 0 Å². The van der Waals surface area contributed by atoms with Gasteiger partial charge in [0.15, 0.2) is 11.2 Å². The summed E-state index contributed by atoms with van der Waals surface area (Å²) in [6, 6.07) is 7.40. The van der Waals surface area contributed by atoms with E-state index in [1.54, 1.807) is 13.8 Å². The van der Waals surface area contributed by atoms with Gasteiger partial charge in [0, 0.05) is 8.95 Å². The van der Waals surface area contributed by atoms with E-state index in [9.17, 15) is 9.59 Å². The number of nitrogens with two attached hydrogens (primary N) is 1. The second-order valence-corrected chi connectivity index (χ2v) is 10.2. The Hall–Kier alpha value is -2.06. The first-order chi connectivity index (χ1) is 14.5. The predicted octanol–water partition coefficient (Wildman–Crippen LogP) is 6.02. The second-order valence-electron chi connectivity index (χ2n) is 8.64. The molecule has 6 nitrogen and oxygen atoms in total. The van der Waals surface area contributed by atoms with Crippen LogP contribution in [0.5, 0.6) is 11.5 Å². The number of carboxylic acid groups (broad SMARTS) is 1. The van der Waals surface area contributed by atoms with Crippen molar-refractivity contribution in [1.29, 1.82) is 0 Å². The standard InChI is InChI=1S/C12H16BrNO2.C12H15BrO3/c2*1-7-5-9(6-8(2)10(7)13)16-12(3,4)11(14)15/h5-6H,1-4H3,(H2,14,15);5-6H,1-4H3,(H,14,15). The van der Waals surface area contributed by atoms with Crippen LogP contribution in [0.25, 0.3) is 0 Å². The second kappa shape index (κ2) is 10.7. The van der Waals surface area contributed by atoms with E-state index in [1.165, 1.54) is 13.8 Å². The third-order valence-electron chi connectivity index (χ3n) is 4.67. The van der Waals surface area contributed by atoms with E-state index in [0.717, 1.165) is 31.2 Å². The molecule has 8 heteroatoms. The van der Waals surface area contributed by atoms with Crippen LogP contribution in [-0.4, -0.2) is 28.2 Å². The van der Waals surface area contributed by atoms with Crippen molar-refractivity contribution in [2.75, 3.05) is 0 Å². The van der Waals surface area contributed by atoms with Crippen molar-refractivity contribution >= 4 is 43.7 Å². The number of benzene rings is 2. The summed E-state index contributed by atoms with van der Waals surface area (Å²) in [5, 5.41) is 8.96. The highest BCUT2D eigenvalue weighted by Crippen LogP contribution is 2.29. The van der Waals surface area contributed by atoms with Gasteiger partial charge in [0.25, 0.3) is 5.91 Å². The number of aliphatic carboxylic acids is 1. The molecular weight excluding hydrogens is 542 g/mol. The molecule has 0 aromatic heterocycles. The van der Waals surface area contributed by atoms with E-state index >= 15 is 0 Å². The smallest absolute Gasteiger partial charge is 0.347 e. The maximum atomic E-state index is 11.2. The molecule has 2 aromatic carbocycles. The lowest BCUT2D eigenvalue weighted by atomic mass is 10.1. The number of halogens is 2. The highest BCUT2D eigenvalue weighted by atomic mass is 79.9. The maximum Gasteiger partial charge on any atom is 0.347 e. The van der Waals surface area contributed by atoms with Crippen LogP contribution >= 0.6 is 31.9 Å². The SMILES string of the molecule is Cc1cc(OC(C)(C)C(=O)O)cc(C)c1Br.Cc1cc(OC(C)(C)C(N)=O)cc(C)c1Br. The van der Waals surface area contributed by atoms with Crippen molar-refractivity contribution in [1.82, 2.24) is 0 Å². The summed E-state index contributed by atoms with van der Waals surface area (Å²) in [5.41, 5.74) is 7.22. The molecule has 0 atom stereocenters. The van der Waals surface area contributed by atoms with Crippen molar-refractivity contribution in [2.24, 2.45) is 5.73 Å². The van der Waals surface area contributed by atoms with Gasteiger partial charge in [0.05, 0.1) is 0 Å². The molecule has 0 fully saturated rings. The molecule has 0 aliphatic carbocycles. The number of aryl methyl sites for hydroxylation is 4. The first-order valence-corrected chi connectivity index (χ1v) is 11.5. The Labute approximate surface area is 206 Å². The largest absolute Gasteiger partial charge is 0.478 e. The topological polar surface area (TPSA) is 98.8 Å². The first kappa shape index (κ1) is 28.0. The molecule has 3 N–H and O–H groups in total. The Morgan fingerprint density at radius 2 is 1.03 bits per heavy atom. The lowest BCUT2D eigenvalue weighted by Gasteiger charge is -2.23. The van der Waals surface area contributed by atoms with Gasteiger partial charge in [-0.1, -0.05) is 31.9 Å². The van der Waals surface area contributed by atoms with E-state index in [-0.39, 0.29) is 0 Å². The molecule has 32 heavy (non-hydrogen) atoms. The number of hydrogen-bond acceptors (Lipinski definition) is 4. The number of carboxylic acids is 1. The molecule has 0 unspecified atom stereocenters. The molecule has 0 bridgehead atoms. The number of primary amides is 1. The Balaban J connectivity index is 0.000000320. The van der Waals surface area contributed by atoms with Gasteiger partial charge in [0.1, 0.15) is 11.5 Å². The van der Waals surface area contributed by atoms with Crippen molar-refractivity contribution in [3.8, 4) is 11.5 Å². The number of carbonyl (C=O) groups excluding carboxylic acids is 1. The van der Waals surface area contributed by atoms with Gasteiger partial charge >= 0.3 is 5.97 Å². The molecular formula is C24H31Br2NO5. The van der Waals surface area contributed by atoms with Crippen LogP contribution in [0.3, 0.4) is 0 Å². The molecule has 2 rings (SSSR count). The Bertz CT molecular complexity index is 888. The predicted molar refractivity (Wildman–Crippen MR) is 133 cm³/mol. The lowest BCUT2D eigenvalue weighted by molar-refractivity contribution is -0.152. The Morgan fingerprint density at radius 3 is 1.28 bits per heavy atom. The molecule has 2 aromatic rings. The van der Waals surface area contributed by atoms with Gasteiger partial charge in [0.2, 0.25) is 0 Å². The molecule has 0 aliphatic rings. The number of carbonyl (C=O) groups is 2. The first-order valence-electron chi connectivity index (χ1n) is 9.92. The molecule has 0 saturated carbocycles. The summed E-state index contributed by atoms with van der Waals surface area (Å²) in [6.45, 7) is 14.2. The fourth-order valence-electron chi connectivity index (χ4n) is 2.61. The zero-order chi connectivity index (χ0) is 25.0. The van der Waals surface area contributed by atoms with Gasteiger partial charge in [-0.05, 0) is 102 Å².